The Balaban J connectivity index is 2.44. The molecule has 0 spiro atoms. The molecule has 0 radical (unpaired) electrons. The summed E-state index contributed by atoms with van der Waals surface area (Å²) in [4.78, 5) is 13.6. The summed E-state index contributed by atoms with van der Waals surface area (Å²) in [7, 11) is 0. The minimum Gasteiger partial charge on any atom is -0.379 e. The topological polar surface area (TPSA) is 55.6 Å². The molecule has 1 rings (SSSR count). The molecule has 0 aromatic rings. The van der Waals surface area contributed by atoms with E-state index in [-0.39, 0.29) is 11.9 Å². The number of ether oxygens (including phenoxy) is 1. The zero-order chi connectivity index (χ0) is 10.6. The van der Waals surface area contributed by atoms with Crippen LogP contribution in [0.2, 0.25) is 0 Å². The van der Waals surface area contributed by atoms with Gasteiger partial charge in [-0.25, -0.2) is 0 Å². The van der Waals surface area contributed by atoms with Gasteiger partial charge in [0.25, 0.3) is 0 Å². The molecule has 1 aliphatic heterocycles. The van der Waals surface area contributed by atoms with Crippen LogP contribution < -0.4 is 5.73 Å². The molecule has 2 unspecified atom stereocenters. The summed E-state index contributed by atoms with van der Waals surface area (Å²) in [5.74, 6) is 0.576. The van der Waals surface area contributed by atoms with E-state index in [1.807, 2.05) is 11.8 Å². The van der Waals surface area contributed by atoms with E-state index in [9.17, 15) is 4.79 Å². The molecule has 0 saturated carbocycles. The van der Waals surface area contributed by atoms with Crippen molar-refractivity contribution in [3.8, 4) is 0 Å². The number of nitrogens with two attached hydrogens (primary N) is 1. The first kappa shape index (κ1) is 11.5. The fraction of sp³-hybridized carbons (Fsp3) is 0.900. The monoisotopic (exact) mass is 200 g/mol. The smallest absolute Gasteiger partial charge is 0.224 e. The molecule has 1 saturated heterocycles. The van der Waals surface area contributed by atoms with E-state index in [0.29, 0.717) is 25.5 Å². The molecule has 4 heteroatoms. The molecule has 2 atom stereocenters. The fourth-order valence-electron chi connectivity index (χ4n) is 1.61. The highest BCUT2D eigenvalue weighted by atomic mass is 16.5. The Labute approximate surface area is 85.4 Å². The highest BCUT2D eigenvalue weighted by Crippen LogP contribution is 2.07. The van der Waals surface area contributed by atoms with Crippen LogP contribution in [0.1, 0.15) is 20.3 Å². The summed E-state index contributed by atoms with van der Waals surface area (Å²) in [6.07, 6.45) is 0.437. The van der Waals surface area contributed by atoms with Crippen molar-refractivity contribution in [1.82, 2.24) is 4.90 Å². The van der Waals surface area contributed by atoms with Crippen molar-refractivity contribution in [1.29, 1.82) is 0 Å². The summed E-state index contributed by atoms with van der Waals surface area (Å²) >= 11 is 0. The average molecular weight is 200 g/mol. The van der Waals surface area contributed by atoms with E-state index in [2.05, 4.69) is 6.92 Å². The van der Waals surface area contributed by atoms with Gasteiger partial charge >= 0.3 is 0 Å². The molecule has 14 heavy (non-hydrogen) atoms. The van der Waals surface area contributed by atoms with E-state index < -0.39 is 0 Å². The second-order valence-corrected chi connectivity index (χ2v) is 4.20. The summed E-state index contributed by atoms with van der Waals surface area (Å²) in [5, 5.41) is 0. The van der Waals surface area contributed by atoms with Crippen LogP contribution in [0.3, 0.4) is 0 Å². The van der Waals surface area contributed by atoms with Gasteiger partial charge in [0.2, 0.25) is 5.91 Å². The van der Waals surface area contributed by atoms with Crippen LogP contribution in [0.4, 0.5) is 0 Å². The Morgan fingerprint density at radius 2 is 2.43 bits per heavy atom. The Morgan fingerprint density at radius 3 is 3.07 bits per heavy atom. The first-order valence-corrected chi connectivity index (χ1v) is 5.20. The zero-order valence-electron chi connectivity index (χ0n) is 9.03. The Morgan fingerprint density at radius 1 is 1.71 bits per heavy atom. The normalized spacial score (nSPS) is 25.6. The maximum absolute atomic E-state index is 11.7. The lowest BCUT2D eigenvalue weighted by atomic mass is 10.1. The lowest BCUT2D eigenvalue weighted by molar-refractivity contribution is -0.131. The largest absolute Gasteiger partial charge is 0.379 e. The van der Waals surface area contributed by atoms with Gasteiger partial charge in [-0.15, -0.1) is 0 Å². The van der Waals surface area contributed by atoms with Gasteiger partial charge in [0, 0.05) is 25.6 Å². The minimum atomic E-state index is -0.0537. The summed E-state index contributed by atoms with van der Waals surface area (Å²) in [6, 6.07) is -0.0537. The molecule has 0 aromatic heterocycles. The van der Waals surface area contributed by atoms with Crippen molar-refractivity contribution in [3.05, 3.63) is 0 Å². The van der Waals surface area contributed by atoms with E-state index in [1.165, 1.54) is 0 Å². The first-order chi connectivity index (χ1) is 6.59. The van der Waals surface area contributed by atoms with Gasteiger partial charge in [-0.2, -0.15) is 0 Å². The summed E-state index contributed by atoms with van der Waals surface area (Å²) < 4.78 is 5.37. The van der Waals surface area contributed by atoms with Gasteiger partial charge in [-0.3, -0.25) is 4.79 Å². The third-order valence-corrected chi connectivity index (χ3v) is 2.29. The average Bonchev–Trinajstić information content (AvgIpc) is 2.28. The molecule has 1 amide bonds. The lowest BCUT2D eigenvalue weighted by Crippen LogP contribution is -2.38. The predicted molar refractivity (Wildman–Crippen MR) is 54.8 cm³/mol. The number of nitrogens with zero attached hydrogens (tertiary/aromatic N) is 1. The third kappa shape index (κ3) is 3.64. The Hall–Kier alpha value is -0.610. The summed E-state index contributed by atoms with van der Waals surface area (Å²) in [5.41, 5.74) is 5.59. The van der Waals surface area contributed by atoms with Crippen molar-refractivity contribution in [2.24, 2.45) is 11.7 Å². The second-order valence-electron chi connectivity index (χ2n) is 4.20. The van der Waals surface area contributed by atoms with Crippen molar-refractivity contribution >= 4 is 5.91 Å². The van der Waals surface area contributed by atoms with Gasteiger partial charge in [-0.1, -0.05) is 6.92 Å². The fourth-order valence-corrected chi connectivity index (χ4v) is 1.61. The quantitative estimate of drug-likeness (QED) is 0.693. The molecular formula is C10H20N2O2. The van der Waals surface area contributed by atoms with Gasteiger partial charge in [0.05, 0.1) is 13.2 Å². The van der Waals surface area contributed by atoms with Crippen molar-refractivity contribution in [3.63, 3.8) is 0 Å². The predicted octanol–water partition coefficient (Wildman–Crippen LogP) is 0.219. The zero-order valence-corrected chi connectivity index (χ0v) is 9.03. The third-order valence-electron chi connectivity index (χ3n) is 2.29. The van der Waals surface area contributed by atoms with Crippen molar-refractivity contribution in [2.75, 3.05) is 26.3 Å². The van der Waals surface area contributed by atoms with Gasteiger partial charge in [0.1, 0.15) is 0 Å². The van der Waals surface area contributed by atoms with Crippen molar-refractivity contribution in [2.45, 2.75) is 26.3 Å². The van der Waals surface area contributed by atoms with Gasteiger partial charge in [0.15, 0.2) is 0 Å². The number of hydrogen-bond acceptors (Lipinski definition) is 3. The van der Waals surface area contributed by atoms with Crippen LogP contribution in [0.5, 0.6) is 0 Å². The molecular weight excluding hydrogens is 180 g/mol. The lowest BCUT2D eigenvalue weighted by Gasteiger charge is -2.22. The van der Waals surface area contributed by atoms with Crippen LogP contribution >= 0.6 is 0 Å². The summed E-state index contributed by atoms with van der Waals surface area (Å²) in [6.45, 7) is 6.85. The minimum absolute atomic E-state index is 0.0537. The van der Waals surface area contributed by atoms with E-state index in [0.717, 1.165) is 13.2 Å². The molecule has 0 aliphatic carbocycles. The van der Waals surface area contributed by atoms with E-state index in [4.69, 9.17) is 10.5 Å². The molecule has 2 N–H and O–H groups in total. The van der Waals surface area contributed by atoms with Crippen molar-refractivity contribution < 1.29 is 9.53 Å². The molecule has 4 nitrogen and oxygen atoms in total. The molecule has 0 aromatic carbocycles. The number of carbonyl (C=O) groups excluding carboxylic acids is 1. The molecule has 1 fully saturated rings. The van der Waals surface area contributed by atoms with E-state index >= 15 is 0 Å². The van der Waals surface area contributed by atoms with Crippen LogP contribution in [-0.2, 0) is 9.53 Å². The Kier molecular flexibility index (Phi) is 4.35. The van der Waals surface area contributed by atoms with E-state index in [1.54, 1.807) is 0 Å². The maximum atomic E-state index is 11.7. The van der Waals surface area contributed by atoms with Gasteiger partial charge in [-0.05, 0) is 12.8 Å². The number of carbonyl (C=O) groups is 1. The molecule has 1 heterocycles. The van der Waals surface area contributed by atoms with Crippen LogP contribution in [0.25, 0.3) is 0 Å². The standard InChI is InChI=1S/C10H20N2O2/c1-8-6-12(3-4-14-7-8)10(13)5-9(2)11/h8-9H,3-7,11H2,1-2H3. The van der Waals surface area contributed by atoms with Gasteiger partial charge < -0.3 is 15.4 Å². The molecule has 0 bridgehead atoms. The first-order valence-electron chi connectivity index (χ1n) is 5.20. The second kappa shape index (κ2) is 5.32. The number of hydrogen-bond donors (Lipinski definition) is 1. The highest BCUT2D eigenvalue weighted by Gasteiger charge is 2.20. The molecule has 82 valence electrons. The SMILES string of the molecule is CC(N)CC(=O)N1CCOCC(C)C1. The molecule has 1 aliphatic rings. The van der Waals surface area contributed by atoms with Crippen LogP contribution in [-0.4, -0.2) is 43.2 Å². The van der Waals surface area contributed by atoms with Crippen LogP contribution in [0.15, 0.2) is 0 Å². The number of amides is 1. The highest BCUT2D eigenvalue weighted by molar-refractivity contribution is 5.76. The maximum Gasteiger partial charge on any atom is 0.224 e. The Bertz CT molecular complexity index is 195. The number of rotatable bonds is 2. The van der Waals surface area contributed by atoms with Crippen LogP contribution in [0, 0.1) is 5.92 Å².